The van der Waals surface area contributed by atoms with Gasteiger partial charge < -0.3 is 33.8 Å². The van der Waals surface area contributed by atoms with Gasteiger partial charge >= 0.3 is 39.5 Å². The first-order chi connectivity index (χ1) is 33.7. The Hall–Kier alpha value is -1.94. The molecule has 0 radical (unpaired) electrons. The summed E-state index contributed by atoms with van der Waals surface area (Å²) >= 11 is 0. The first-order valence-electron chi connectivity index (χ1n) is 27.3. The number of ether oxygens (including phenoxy) is 4. The number of esters is 4. The third-order valence-electron chi connectivity index (χ3n) is 11.6. The van der Waals surface area contributed by atoms with E-state index in [1.54, 1.807) is 0 Å². The summed E-state index contributed by atoms with van der Waals surface area (Å²) in [6.45, 7) is 4.61. The van der Waals surface area contributed by atoms with Crippen molar-refractivity contribution < 1.29 is 80.2 Å². The Bertz CT molecular complexity index is 1390. The molecule has 0 aromatic rings. The minimum absolute atomic E-state index is 0.102. The van der Waals surface area contributed by atoms with Crippen LogP contribution in [0.2, 0.25) is 0 Å². The molecule has 0 rings (SSSR count). The molecule has 0 heterocycles. The predicted molar refractivity (Wildman–Crippen MR) is 271 cm³/mol. The second kappa shape index (κ2) is 46.8. The monoisotopic (exact) mass is 1040 g/mol. The number of aliphatic hydroxyl groups is 1. The fourth-order valence-corrected chi connectivity index (χ4v) is 8.91. The van der Waals surface area contributed by atoms with Crippen LogP contribution in [0.4, 0.5) is 0 Å². The second-order valence-electron chi connectivity index (χ2n) is 18.6. The molecule has 0 aromatic heterocycles. The molecule has 0 saturated carbocycles. The molecule has 0 spiro atoms. The summed E-state index contributed by atoms with van der Waals surface area (Å²) in [7, 11) is -9.84. The zero-order chi connectivity index (χ0) is 52.0. The Kier molecular flexibility index (Phi) is 45.5. The molecule has 19 heteroatoms. The van der Waals surface area contributed by atoms with E-state index in [4.69, 9.17) is 37.0 Å². The maximum absolute atomic E-state index is 12.8. The van der Waals surface area contributed by atoms with Crippen molar-refractivity contribution in [3.63, 3.8) is 0 Å². The largest absolute Gasteiger partial charge is 0.472 e. The van der Waals surface area contributed by atoms with E-state index in [2.05, 4.69) is 27.7 Å². The SMILES string of the molecule is CCCCCCCCCCCCC(=O)OC[C@H](COP(=O)(O)OC[C@@H](O)COP(=O)(O)OC[C@@H](COC(=O)CCCCCCC)OC(=O)CCCCCCCCCCC)OC(=O)CCCCCCCC. The van der Waals surface area contributed by atoms with Gasteiger partial charge in [-0.3, -0.25) is 37.3 Å². The second-order valence-corrected chi connectivity index (χ2v) is 21.5. The molecule has 0 aromatic carbocycles. The van der Waals surface area contributed by atoms with Gasteiger partial charge in [0.1, 0.15) is 19.3 Å². The molecule has 414 valence electrons. The molecule has 0 aliphatic heterocycles. The van der Waals surface area contributed by atoms with Gasteiger partial charge in [0, 0.05) is 25.7 Å². The Morgan fingerprint density at radius 3 is 0.843 bits per heavy atom. The van der Waals surface area contributed by atoms with Gasteiger partial charge in [0.05, 0.1) is 26.4 Å². The summed E-state index contributed by atoms with van der Waals surface area (Å²) < 4.78 is 67.0. The number of phosphoric acid groups is 2. The number of phosphoric ester groups is 2. The smallest absolute Gasteiger partial charge is 0.462 e. The van der Waals surface area contributed by atoms with Crippen molar-refractivity contribution in [3.8, 4) is 0 Å². The van der Waals surface area contributed by atoms with Gasteiger partial charge in [0.2, 0.25) is 0 Å². The lowest BCUT2D eigenvalue weighted by atomic mass is 10.1. The molecule has 0 fully saturated rings. The highest BCUT2D eigenvalue weighted by Gasteiger charge is 2.30. The number of aliphatic hydroxyl groups excluding tert-OH is 1. The highest BCUT2D eigenvalue weighted by molar-refractivity contribution is 7.47. The Morgan fingerprint density at radius 1 is 0.343 bits per heavy atom. The van der Waals surface area contributed by atoms with Crippen LogP contribution in [0.25, 0.3) is 0 Å². The number of carbonyl (C=O) groups excluding carboxylic acids is 4. The standard InChI is InChI=1S/C51H98O17P2/c1-5-9-13-17-20-22-24-25-29-32-36-49(54)62-42-47(67-50(55)37-33-28-19-15-11-7-3)44-66-70(59,60)64-40-45(52)39-63-69(57,58)65-43-46(41-61-48(53)35-31-27-16-12-8-4)68-51(56)38-34-30-26-23-21-18-14-10-6-2/h45-47,52H,5-44H2,1-4H3,(H,57,58)(H,59,60)/t45-,46+,47+/m0/s1. The minimum Gasteiger partial charge on any atom is -0.462 e. The van der Waals surface area contributed by atoms with Gasteiger partial charge in [-0.2, -0.15) is 0 Å². The lowest BCUT2D eigenvalue weighted by Gasteiger charge is -2.21. The van der Waals surface area contributed by atoms with Crippen LogP contribution in [-0.2, 0) is 65.4 Å². The van der Waals surface area contributed by atoms with E-state index in [1.165, 1.54) is 64.2 Å². The van der Waals surface area contributed by atoms with E-state index >= 15 is 0 Å². The molecule has 0 aliphatic carbocycles. The maximum atomic E-state index is 12.8. The Balaban J connectivity index is 5.13. The number of unbranched alkanes of at least 4 members (excludes halogenated alkanes) is 26. The summed E-state index contributed by atoms with van der Waals surface area (Å²) in [5, 5.41) is 10.4. The van der Waals surface area contributed by atoms with E-state index < -0.39 is 97.5 Å². The van der Waals surface area contributed by atoms with Crippen molar-refractivity contribution in [3.05, 3.63) is 0 Å². The van der Waals surface area contributed by atoms with Crippen LogP contribution in [0.5, 0.6) is 0 Å². The molecule has 3 N–H and O–H groups in total. The maximum Gasteiger partial charge on any atom is 0.472 e. The Morgan fingerprint density at radius 2 is 0.571 bits per heavy atom. The molecule has 2 unspecified atom stereocenters. The third kappa shape index (κ3) is 45.9. The molecule has 70 heavy (non-hydrogen) atoms. The normalized spacial score (nSPS) is 14.6. The Labute approximate surface area is 422 Å². The first-order valence-corrected chi connectivity index (χ1v) is 30.3. The average Bonchev–Trinajstić information content (AvgIpc) is 3.33. The van der Waals surface area contributed by atoms with Crippen LogP contribution in [0.1, 0.15) is 246 Å². The van der Waals surface area contributed by atoms with Crippen molar-refractivity contribution in [2.75, 3.05) is 39.6 Å². The fraction of sp³-hybridized carbons (Fsp3) is 0.922. The van der Waals surface area contributed by atoms with Crippen LogP contribution in [0.15, 0.2) is 0 Å². The highest BCUT2D eigenvalue weighted by atomic mass is 31.2. The number of rotatable bonds is 52. The van der Waals surface area contributed by atoms with Crippen LogP contribution in [0.3, 0.4) is 0 Å². The zero-order valence-corrected chi connectivity index (χ0v) is 45.8. The molecule has 0 saturated heterocycles. The van der Waals surface area contributed by atoms with Gasteiger partial charge in [-0.25, -0.2) is 9.13 Å². The van der Waals surface area contributed by atoms with Gasteiger partial charge in [-0.05, 0) is 25.7 Å². The molecule has 0 aliphatic rings. The minimum atomic E-state index is -4.92. The highest BCUT2D eigenvalue weighted by Crippen LogP contribution is 2.45. The first kappa shape index (κ1) is 68.1. The number of carbonyl (C=O) groups is 4. The lowest BCUT2D eigenvalue weighted by molar-refractivity contribution is -0.161. The molecule has 5 atom stereocenters. The lowest BCUT2D eigenvalue weighted by Crippen LogP contribution is -2.30. The van der Waals surface area contributed by atoms with Gasteiger partial charge in [0.15, 0.2) is 12.2 Å². The van der Waals surface area contributed by atoms with Crippen LogP contribution >= 0.6 is 15.6 Å². The fourth-order valence-electron chi connectivity index (χ4n) is 7.34. The molecule has 17 nitrogen and oxygen atoms in total. The number of hydrogen-bond donors (Lipinski definition) is 3. The van der Waals surface area contributed by atoms with Crippen molar-refractivity contribution >= 4 is 39.5 Å². The van der Waals surface area contributed by atoms with E-state index in [-0.39, 0.29) is 25.7 Å². The predicted octanol–water partition coefficient (Wildman–Crippen LogP) is 12.9. The van der Waals surface area contributed by atoms with Crippen molar-refractivity contribution in [1.29, 1.82) is 0 Å². The van der Waals surface area contributed by atoms with Crippen LogP contribution < -0.4 is 0 Å². The zero-order valence-electron chi connectivity index (χ0n) is 44.0. The molecule has 0 amide bonds. The van der Waals surface area contributed by atoms with Gasteiger partial charge in [-0.1, -0.05) is 195 Å². The summed E-state index contributed by atoms with van der Waals surface area (Å²) in [6.07, 6.45) is 27.2. The molecular weight excluding hydrogens is 946 g/mol. The summed E-state index contributed by atoms with van der Waals surface area (Å²) in [5.74, 6) is -2.17. The van der Waals surface area contributed by atoms with Crippen molar-refractivity contribution in [2.24, 2.45) is 0 Å². The van der Waals surface area contributed by atoms with Crippen LogP contribution in [0, 0.1) is 0 Å². The van der Waals surface area contributed by atoms with Crippen molar-refractivity contribution in [1.82, 2.24) is 0 Å². The van der Waals surface area contributed by atoms with E-state index in [1.807, 2.05) is 0 Å². The number of hydrogen-bond acceptors (Lipinski definition) is 15. The third-order valence-corrected chi connectivity index (χ3v) is 13.5. The van der Waals surface area contributed by atoms with E-state index in [9.17, 15) is 43.2 Å². The summed E-state index contributed by atoms with van der Waals surface area (Å²) in [5.41, 5.74) is 0. The summed E-state index contributed by atoms with van der Waals surface area (Å²) in [4.78, 5) is 71.1. The quantitative estimate of drug-likeness (QED) is 0.0222. The van der Waals surface area contributed by atoms with E-state index in [0.29, 0.717) is 25.7 Å². The topological polar surface area (TPSA) is 237 Å². The van der Waals surface area contributed by atoms with Crippen LogP contribution in [-0.4, -0.2) is 96.7 Å². The molecular formula is C51H98O17P2. The molecule has 0 bridgehead atoms. The summed E-state index contributed by atoms with van der Waals surface area (Å²) in [6, 6.07) is 0. The van der Waals surface area contributed by atoms with Gasteiger partial charge in [-0.15, -0.1) is 0 Å². The van der Waals surface area contributed by atoms with Gasteiger partial charge in [0.25, 0.3) is 0 Å². The van der Waals surface area contributed by atoms with E-state index in [0.717, 1.165) is 103 Å². The average molecular weight is 1050 g/mol. The van der Waals surface area contributed by atoms with Crippen molar-refractivity contribution in [2.45, 2.75) is 264 Å².